The lowest BCUT2D eigenvalue weighted by atomic mass is 10.1. The Morgan fingerprint density at radius 3 is 2.64 bits per heavy atom. The molecule has 0 bridgehead atoms. The maximum Gasteiger partial charge on any atom is 0.342 e. The van der Waals surface area contributed by atoms with Gasteiger partial charge in [-0.05, 0) is 39.2 Å². The van der Waals surface area contributed by atoms with Crippen molar-refractivity contribution in [3.63, 3.8) is 0 Å². The molecular formula is C14H22N2O5S. The average Bonchev–Trinajstić information content (AvgIpc) is 3.01. The standard InChI is InChI=1S/C14H22N2O5S/c1-8-12(14(17)20-3)13(9(2)21-8)22(18,19)16-11-6-4-5-10(11)7-15/h10-11,16H,4-7,15H2,1-3H3. The first-order valence-corrected chi connectivity index (χ1v) is 8.70. The fraction of sp³-hybridized carbons (Fsp3) is 0.643. The summed E-state index contributed by atoms with van der Waals surface area (Å²) in [6.45, 7) is 3.49. The van der Waals surface area contributed by atoms with Crippen LogP contribution in [-0.2, 0) is 14.8 Å². The van der Waals surface area contributed by atoms with Gasteiger partial charge < -0.3 is 14.9 Å². The molecule has 1 aliphatic rings. The van der Waals surface area contributed by atoms with Gasteiger partial charge in [-0.3, -0.25) is 0 Å². The molecule has 1 aliphatic carbocycles. The van der Waals surface area contributed by atoms with E-state index in [4.69, 9.17) is 10.2 Å². The molecule has 1 saturated carbocycles. The van der Waals surface area contributed by atoms with Gasteiger partial charge in [0.1, 0.15) is 22.0 Å². The van der Waals surface area contributed by atoms with Crippen molar-refractivity contribution in [2.24, 2.45) is 11.7 Å². The Kier molecular flexibility index (Phi) is 4.93. The van der Waals surface area contributed by atoms with E-state index in [1.54, 1.807) is 0 Å². The summed E-state index contributed by atoms with van der Waals surface area (Å²) in [5, 5.41) is 0. The fourth-order valence-electron chi connectivity index (χ4n) is 3.06. The Morgan fingerprint density at radius 2 is 2.05 bits per heavy atom. The minimum absolute atomic E-state index is 0.0465. The van der Waals surface area contributed by atoms with Gasteiger partial charge in [0.15, 0.2) is 0 Å². The molecule has 0 amide bonds. The lowest BCUT2D eigenvalue weighted by Crippen LogP contribution is -2.40. The summed E-state index contributed by atoms with van der Waals surface area (Å²) < 4.78 is 38.1. The number of nitrogens with one attached hydrogen (secondary N) is 1. The number of aryl methyl sites for hydroxylation is 2. The monoisotopic (exact) mass is 330 g/mol. The van der Waals surface area contributed by atoms with Crippen LogP contribution in [0, 0.1) is 19.8 Å². The summed E-state index contributed by atoms with van der Waals surface area (Å²) in [5.41, 5.74) is 5.64. The van der Waals surface area contributed by atoms with Gasteiger partial charge in [-0.1, -0.05) is 6.42 Å². The SMILES string of the molecule is COC(=O)c1c(C)oc(C)c1S(=O)(=O)NC1CCCC1CN. The summed E-state index contributed by atoms with van der Waals surface area (Å²) >= 11 is 0. The van der Waals surface area contributed by atoms with Crippen molar-refractivity contribution in [2.45, 2.75) is 44.0 Å². The first kappa shape index (κ1) is 17.0. The normalized spacial score (nSPS) is 22.0. The van der Waals surface area contributed by atoms with Crippen LogP contribution in [0.5, 0.6) is 0 Å². The number of hydrogen-bond donors (Lipinski definition) is 2. The molecule has 124 valence electrons. The zero-order valence-electron chi connectivity index (χ0n) is 13.0. The second kappa shape index (κ2) is 6.39. The average molecular weight is 330 g/mol. The van der Waals surface area contributed by atoms with Crippen LogP contribution < -0.4 is 10.5 Å². The molecule has 8 heteroatoms. The topological polar surface area (TPSA) is 112 Å². The molecule has 0 aliphatic heterocycles. The molecule has 0 spiro atoms. The third kappa shape index (κ3) is 3.04. The maximum atomic E-state index is 12.7. The number of esters is 1. The van der Waals surface area contributed by atoms with E-state index >= 15 is 0 Å². The molecule has 2 atom stereocenters. The van der Waals surface area contributed by atoms with Crippen molar-refractivity contribution in [1.29, 1.82) is 0 Å². The molecule has 2 unspecified atom stereocenters. The molecule has 0 aromatic carbocycles. The van der Waals surface area contributed by atoms with E-state index in [1.807, 2.05) is 0 Å². The molecule has 22 heavy (non-hydrogen) atoms. The van der Waals surface area contributed by atoms with Gasteiger partial charge in [0.2, 0.25) is 10.0 Å². The summed E-state index contributed by atoms with van der Waals surface area (Å²) in [6.07, 6.45) is 2.57. The number of sulfonamides is 1. The number of hydrogen-bond acceptors (Lipinski definition) is 6. The number of furan rings is 1. The first-order chi connectivity index (χ1) is 10.3. The highest BCUT2D eigenvalue weighted by Gasteiger charge is 2.36. The highest BCUT2D eigenvalue weighted by atomic mass is 32.2. The third-order valence-corrected chi connectivity index (χ3v) is 5.77. The van der Waals surface area contributed by atoms with Crippen LogP contribution in [0.3, 0.4) is 0 Å². The Labute approximate surface area is 130 Å². The van der Waals surface area contributed by atoms with Gasteiger partial charge in [0, 0.05) is 6.04 Å². The van der Waals surface area contributed by atoms with Gasteiger partial charge in [0.05, 0.1) is 7.11 Å². The van der Waals surface area contributed by atoms with E-state index in [9.17, 15) is 13.2 Å². The third-order valence-electron chi connectivity index (χ3n) is 4.13. The largest absolute Gasteiger partial charge is 0.465 e. The van der Waals surface area contributed by atoms with Crippen molar-refractivity contribution >= 4 is 16.0 Å². The molecule has 0 saturated heterocycles. The highest BCUT2D eigenvalue weighted by Crippen LogP contribution is 2.30. The maximum absolute atomic E-state index is 12.7. The van der Waals surface area contributed by atoms with Crippen molar-refractivity contribution in [1.82, 2.24) is 4.72 Å². The summed E-state index contributed by atoms with van der Waals surface area (Å²) in [5.74, 6) is -0.208. The van der Waals surface area contributed by atoms with E-state index < -0.39 is 16.0 Å². The van der Waals surface area contributed by atoms with Gasteiger partial charge in [-0.15, -0.1) is 0 Å². The minimum atomic E-state index is -3.88. The number of carbonyl (C=O) groups is 1. The molecule has 0 radical (unpaired) electrons. The molecule has 7 nitrogen and oxygen atoms in total. The summed E-state index contributed by atoms with van der Waals surface area (Å²) in [4.78, 5) is 11.7. The zero-order chi connectivity index (χ0) is 16.5. The molecule has 3 N–H and O–H groups in total. The van der Waals surface area contributed by atoms with E-state index in [0.29, 0.717) is 6.54 Å². The molecule has 1 fully saturated rings. The fourth-order valence-corrected chi connectivity index (χ4v) is 4.80. The van der Waals surface area contributed by atoms with Crippen LogP contribution in [-0.4, -0.2) is 34.1 Å². The van der Waals surface area contributed by atoms with Crippen molar-refractivity contribution in [3.05, 3.63) is 17.1 Å². The van der Waals surface area contributed by atoms with Gasteiger partial charge in [-0.2, -0.15) is 0 Å². The lowest BCUT2D eigenvalue weighted by molar-refractivity contribution is 0.0595. The second-order valence-electron chi connectivity index (χ2n) is 5.56. The van der Waals surface area contributed by atoms with Crippen LogP contribution in [0.25, 0.3) is 0 Å². The molecule has 1 aromatic rings. The number of nitrogens with two attached hydrogens (primary N) is 1. The Morgan fingerprint density at radius 1 is 1.36 bits per heavy atom. The Bertz CT molecular complexity index is 665. The van der Waals surface area contributed by atoms with E-state index in [2.05, 4.69) is 9.46 Å². The van der Waals surface area contributed by atoms with Gasteiger partial charge in [-0.25, -0.2) is 17.9 Å². The van der Waals surface area contributed by atoms with Gasteiger partial charge >= 0.3 is 5.97 Å². The lowest BCUT2D eigenvalue weighted by Gasteiger charge is -2.19. The van der Waals surface area contributed by atoms with Crippen LogP contribution in [0.1, 0.15) is 41.1 Å². The minimum Gasteiger partial charge on any atom is -0.465 e. The predicted molar refractivity (Wildman–Crippen MR) is 80.0 cm³/mol. The van der Waals surface area contributed by atoms with Crippen LogP contribution in [0.4, 0.5) is 0 Å². The Balaban J connectivity index is 2.39. The molecule has 2 rings (SSSR count). The predicted octanol–water partition coefficient (Wildman–Crippen LogP) is 1.09. The molecule has 1 aromatic heterocycles. The number of carbonyl (C=O) groups excluding carboxylic acids is 1. The van der Waals surface area contributed by atoms with E-state index in [0.717, 1.165) is 19.3 Å². The highest BCUT2D eigenvalue weighted by molar-refractivity contribution is 7.89. The molecular weight excluding hydrogens is 308 g/mol. The smallest absolute Gasteiger partial charge is 0.342 e. The van der Waals surface area contributed by atoms with Crippen LogP contribution >= 0.6 is 0 Å². The van der Waals surface area contributed by atoms with Crippen LogP contribution in [0.15, 0.2) is 9.31 Å². The summed E-state index contributed by atoms with van der Waals surface area (Å²) in [6, 6.07) is -0.213. The van der Waals surface area contributed by atoms with Crippen molar-refractivity contribution in [2.75, 3.05) is 13.7 Å². The molecule has 1 heterocycles. The van der Waals surface area contributed by atoms with E-state index in [1.165, 1.54) is 21.0 Å². The van der Waals surface area contributed by atoms with Crippen molar-refractivity contribution < 1.29 is 22.4 Å². The zero-order valence-corrected chi connectivity index (χ0v) is 13.8. The quantitative estimate of drug-likeness (QED) is 0.782. The van der Waals surface area contributed by atoms with Crippen molar-refractivity contribution in [3.8, 4) is 0 Å². The number of methoxy groups -OCH3 is 1. The van der Waals surface area contributed by atoms with E-state index in [-0.39, 0.29) is 33.9 Å². The number of ether oxygens (including phenoxy) is 1. The first-order valence-electron chi connectivity index (χ1n) is 7.22. The van der Waals surface area contributed by atoms with Crippen LogP contribution in [0.2, 0.25) is 0 Å². The Hall–Kier alpha value is -1.38. The van der Waals surface area contributed by atoms with Gasteiger partial charge in [0.25, 0.3) is 0 Å². The second-order valence-corrected chi connectivity index (χ2v) is 7.22. The number of rotatable bonds is 5. The summed E-state index contributed by atoms with van der Waals surface area (Å²) in [7, 11) is -2.68.